The molecule has 0 saturated carbocycles. The van der Waals surface area contributed by atoms with Crippen LogP contribution in [0.25, 0.3) is 0 Å². The topological polar surface area (TPSA) is 12.9 Å². The molecule has 1 aromatic heterocycles. The third-order valence-electron chi connectivity index (χ3n) is 3.02. The summed E-state index contributed by atoms with van der Waals surface area (Å²) in [6.45, 7) is 0. The van der Waals surface area contributed by atoms with Crippen LogP contribution in [0.2, 0.25) is 0 Å². The van der Waals surface area contributed by atoms with E-state index >= 15 is 0 Å². The van der Waals surface area contributed by atoms with Gasteiger partial charge >= 0.3 is 35.8 Å². The summed E-state index contributed by atoms with van der Waals surface area (Å²) in [7, 11) is 0. The van der Waals surface area contributed by atoms with E-state index in [4.69, 9.17) is 0 Å². The number of nitrogens with zero attached hydrogens (tertiary/aromatic N) is 1. The molecule has 0 saturated heterocycles. The Kier molecular flexibility index (Phi) is 4.99. The quantitative estimate of drug-likeness (QED) is 0.463. The van der Waals surface area contributed by atoms with Crippen molar-refractivity contribution in [1.29, 1.82) is 0 Å². The van der Waals surface area contributed by atoms with Gasteiger partial charge in [-0.2, -0.15) is 61.5 Å². The summed E-state index contributed by atoms with van der Waals surface area (Å²) in [5.74, 6) is -39.1. The molecule has 0 fully saturated rings. The van der Waals surface area contributed by atoms with Gasteiger partial charge < -0.3 is 0 Å². The minimum absolute atomic E-state index is 0.0973. The number of halogens is 14. The fourth-order valence-electron chi connectivity index (χ4n) is 1.51. The van der Waals surface area contributed by atoms with E-state index in [0.29, 0.717) is 0 Å². The molecule has 1 heterocycles. The molecule has 0 unspecified atom stereocenters. The lowest BCUT2D eigenvalue weighted by Crippen LogP contribution is -2.69. The normalized spacial score (nSPS) is 15.3. The standard InChI is InChI=1S/C11H3F14N/c12-5-2-1-4(3-26-5)6(13,14)7(15,16)8(17,18)9(19,20)10(21,22)11(23,24)25/h1-3H. The maximum Gasteiger partial charge on any atom is 0.460 e. The van der Waals surface area contributed by atoms with E-state index in [2.05, 4.69) is 4.98 Å². The first-order valence-corrected chi connectivity index (χ1v) is 5.83. The van der Waals surface area contributed by atoms with Gasteiger partial charge in [-0.25, -0.2) is 4.98 Å². The molecule has 150 valence electrons. The Balaban J connectivity index is 3.55. The van der Waals surface area contributed by atoms with Gasteiger partial charge in [0, 0.05) is 11.8 Å². The summed E-state index contributed by atoms with van der Waals surface area (Å²) < 4.78 is 179. The average Bonchev–Trinajstić information content (AvgIpc) is 2.45. The van der Waals surface area contributed by atoms with Gasteiger partial charge in [-0.1, -0.05) is 0 Å². The molecule has 1 aromatic rings. The van der Waals surface area contributed by atoms with Crippen molar-refractivity contribution in [1.82, 2.24) is 4.98 Å². The van der Waals surface area contributed by atoms with Crippen molar-refractivity contribution in [2.45, 2.75) is 35.8 Å². The van der Waals surface area contributed by atoms with Gasteiger partial charge in [0.25, 0.3) is 0 Å². The van der Waals surface area contributed by atoms with Crippen molar-refractivity contribution in [3.63, 3.8) is 0 Å². The number of alkyl halides is 13. The highest BCUT2D eigenvalue weighted by Crippen LogP contribution is 2.61. The molecule has 0 N–H and O–H groups in total. The van der Waals surface area contributed by atoms with Crippen LogP contribution in [0.1, 0.15) is 5.56 Å². The molecular weight excluding hydrogens is 412 g/mol. The molecule has 0 bridgehead atoms. The zero-order valence-electron chi connectivity index (χ0n) is 11.5. The van der Waals surface area contributed by atoms with Gasteiger partial charge in [-0.05, 0) is 12.1 Å². The molecule has 1 rings (SSSR count). The van der Waals surface area contributed by atoms with Crippen LogP contribution in [0.5, 0.6) is 0 Å². The zero-order chi connectivity index (χ0) is 21.0. The summed E-state index contributed by atoms with van der Waals surface area (Å²) >= 11 is 0. The lowest BCUT2D eigenvalue weighted by molar-refractivity contribution is -0.441. The van der Waals surface area contributed by atoms with E-state index < -0.39 is 53.5 Å². The summed E-state index contributed by atoms with van der Waals surface area (Å²) in [4.78, 5) is 2.35. The Morgan fingerprint density at radius 3 is 1.35 bits per heavy atom. The van der Waals surface area contributed by atoms with Crippen LogP contribution in [0.4, 0.5) is 61.5 Å². The van der Waals surface area contributed by atoms with Crippen LogP contribution in [-0.4, -0.2) is 34.9 Å². The lowest BCUT2D eigenvalue weighted by Gasteiger charge is -2.39. The van der Waals surface area contributed by atoms with Crippen LogP contribution >= 0.6 is 0 Å². The first-order chi connectivity index (χ1) is 11.2. The SMILES string of the molecule is Fc1ccc(C(F)(F)C(F)(F)C(F)(F)C(F)(F)C(F)(F)C(F)(F)F)cn1. The Labute approximate surface area is 133 Å². The van der Waals surface area contributed by atoms with E-state index in [1.807, 2.05) is 0 Å². The highest BCUT2D eigenvalue weighted by Gasteiger charge is 2.90. The number of aromatic nitrogens is 1. The fourth-order valence-corrected chi connectivity index (χ4v) is 1.51. The van der Waals surface area contributed by atoms with Crippen molar-refractivity contribution in [3.05, 3.63) is 29.8 Å². The van der Waals surface area contributed by atoms with Gasteiger partial charge in [0.1, 0.15) is 0 Å². The van der Waals surface area contributed by atoms with Gasteiger partial charge in [0.2, 0.25) is 5.95 Å². The maximum atomic E-state index is 13.5. The molecule has 0 atom stereocenters. The number of pyridine rings is 1. The third-order valence-corrected chi connectivity index (χ3v) is 3.02. The molecular formula is C11H3F14N. The van der Waals surface area contributed by atoms with Crippen LogP contribution < -0.4 is 0 Å². The molecule has 0 spiro atoms. The van der Waals surface area contributed by atoms with Gasteiger partial charge in [0.05, 0.1) is 0 Å². The summed E-state index contributed by atoms with van der Waals surface area (Å²) in [5, 5.41) is 0. The van der Waals surface area contributed by atoms with Gasteiger partial charge in [-0.15, -0.1) is 0 Å². The number of hydrogen-bond donors (Lipinski definition) is 0. The summed E-state index contributed by atoms with van der Waals surface area (Å²) in [6, 6.07) is -0.424. The van der Waals surface area contributed by atoms with Crippen molar-refractivity contribution in [2.75, 3.05) is 0 Å². The zero-order valence-corrected chi connectivity index (χ0v) is 11.5. The average molecular weight is 415 g/mol. The van der Waals surface area contributed by atoms with Crippen molar-refractivity contribution >= 4 is 0 Å². The van der Waals surface area contributed by atoms with Crippen molar-refractivity contribution in [2.24, 2.45) is 0 Å². The summed E-state index contributed by atoms with van der Waals surface area (Å²) in [5.41, 5.74) is -2.34. The van der Waals surface area contributed by atoms with E-state index in [1.54, 1.807) is 0 Å². The van der Waals surface area contributed by atoms with Crippen LogP contribution in [-0.2, 0) is 5.92 Å². The van der Waals surface area contributed by atoms with Gasteiger partial charge in [0.15, 0.2) is 0 Å². The first kappa shape index (κ1) is 22.2. The Morgan fingerprint density at radius 2 is 1.00 bits per heavy atom. The van der Waals surface area contributed by atoms with Crippen LogP contribution in [0.15, 0.2) is 18.3 Å². The molecule has 0 aromatic carbocycles. The minimum Gasteiger partial charge on any atom is -0.228 e. The van der Waals surface area contributed by atoms with Crippen molar-refractivity contribution in [3.8, 4) is 0 Å². The summed E-state index contributed by atoms with van der Waals surface area (Å²) in [6.07, 6.45) is -7.98. The van der Waals surface area contributed by atoms with E-state index in [-0.39, 0.29) is 12.1 Å². The molecule has 0 aliphatic carbocycles. The molecule has 15 heteroatoms. The second-order valence-electron chi connectivity index (χ2n) is 4.74. The second kappa shape index (κ2) is 5.84. The Bertz CT molecular complexity index is 644. The second-order valence-corrected chi connectivity index (χ2v) is 4.74. The van der Waals surface area contributed by atoms with Crippen LogP contribution in [0, 0.1) is 5.95 Å². The third kappa shape index (κ3) is 2.84. The van der Waals surface area contributed by atoms with E-state index in [9.17, 15) is 61.5 Å². The Morgan fingerprint density at radius 1 is 0.577 bits per heavy atom. The van der Waals surface area contributed by atoms with E-state index in [1.165, 1.54) is 0 Å². The minimum atomic E-state index is -7.97. The van der Waals surface area contributed by atoms with E-state index in [0.717, 1.165) is 0 Å². The van der Waals surface area contributed by atoms with Gasteiger partial charge in [-0.3, -0.25) is 0 Å². The predicted octanol–water partition coefficient (Wildman–Crippen LogP) is 5.42. The molecule has 26 heavy (non-hydrogen) atoms. The highest BCUT2D eigenvalue weighted by molar-refractivity contribution is 5.23. The molecule has 0 radical (unpaired) electrons. The molecule has 0 amide bonds. The molecule has 0 aliphatic heterocycles. The highest BCUT2D eigenvalue weighted by atomic mass is 19.4. The Hall–Kier alpha value is -1.83. The monoisotopic (exact) mass is 415 g/mol. The largest absolute Gasteiger partial charge is 0.460 e. The predicted molar refractivity (Wildman–Crippen MR) is 53.9 cm³/mol. The maximum absolute atomic E-state index is 13.5. The fraction of sp³-hybridized carbons (Fsp3) is 0.545. The lowest BCUT2D eigenvalue weighted by atomic mass is 9.91. The number of rotatable bonds is 5. The first-order valence-electron chi connectivity index (χ1n) is 5.83. The van der Waals surface area contributed by atoms with Crippen molar-refractivity contribution < 1.29 is 61.5 Å². The van der Waals surface area contributed by atoms with Crippen LogP contribution in [0.3, 0.4) is 0 Å². The number of hydrogen-bond acceptors (Lipinski definition) is 1. The smallest absolute Gasteiger partial charge is 0.228 e. The molecule has 0 aliphatic rings. The molecule has 1 nitrogen and oxygen atoms in total.